The number of benzene rings is 3. The van der Waals surface area contributed by atoms with E-state index < -0.39 is 0 Å². The Hall–Kier alpha value is -2.03. The number of ether oxygens (including phenoxy) is 2. The van der Waals surface area contributed by atoms with E-state index in [2.05, 4.69) is 24.3 Å². The summed E-state index contributed by atoms with van der Waals surface area (Å²) in [5.74, 6) is 1.89. The zero-order chi connectivity index (χ0) is 19.1. The van der Waals surface area contributed by atoms with Crippen molar-refractivity contribution in [2.75, 3.05) is 14.2 Å². The molecule has 3 aromatic carbocycles. The molecule has 27 heavy (non-hydrogen) atoms. The first-order valence-electron chi connectivity index (χ1n) is 8.40. The molecule has 0 radical (unpaired) electrons. The Morgan fingerprint density at radius 1 is 0.704 bits per heavy atom. The van der Waals surface area contributed by atoms with Crippen molar-refractivity contribution in [3.8, 4) is 11.5 Å². The van der Waals surface area contributed by atoms with Gasteiger partial charge in [0.25, 0.3) is 0 Å². The third-order valence-corrected chi connectivity index (χ3v) is 10.1. The molecule has 0 aromatic heterocycles. The SMILES string of the molecule is COc1ccc([Se]C([Se]c2ccc(OC)cc2)C(=O)c2ccccc2)cc1. The van der Waals surface area contributed by atoms with Crippen molar-refractivity contribution in [3.63, 3.8) is 0 Å². The normalized spacial score (nSPS) is 10.6. The van der Waals surface area contributed by atoms with Gasteiger partial charge in [-0.05, 0) is 0 Å². The van der Waals surface area contributed by atoms with Crippen LogP contribution in [0.3, 0.4) is 0 Å². The van der Waals surface area contributed by atoms with Gasteiger partial charge in [0, 0.05) is 0 Å². The number of rotatable bonds is 8. The maximum absolute atomic E-state index is 13.2. The van der Waals surface area contributed by atoms with Gasteiger partial charge in [-0.1, -0.05) is 0 Å². The number of hydrogen-bond donors (Lipinski definition) is 0. The number of hydrogen-bond acceptors (Lipinski definition) is 3. The summed E-state index contributed by atoms with van der Waals surface area (Å²) in [6, 6.07) is 25.7. The van der Waals surface area contributed by atoms with E-state index >= 15 is 0 Å². The zero-order valence-electron chi connectivity index (χ0n) is 15.1. The van der Waals surface area contributed by atoms with Gasteiger partial charge in [0.2, 0.25) is 0 Å². The van der Waals surface area contributed by atoms with Crippen molar-refractivity contribution in [3.05, 3.63) is 84.4 Å². The Morgan fingerprint density at radius 3 is 1.56 bits per heavy atom. The van der Waals surface area contributed by atoms with Gasteiger partial charge >= 0.3 is 173 Å². The molecular weight excluding hydrogens is 470 g/mol. The van der Waals surface area contributed by atoms with Gasteiger partial charge in [0.05, 0.1) is 0 Å². The second-order valence-corrected chi connectivity index (χ2v) is 12.1. The van der Waals surface area contributed by atoms with E-state index in [1.54, 1.807) is 14.2 Å². The summed E-state index contributed by atoms with van der Waals surface area (Å²) in [6.45, 7) is 0. The van der Waals surface area contributed by atoms with Crippen LogP contribution in [-0.4, -0.2) is 49.9 Å². The van der Waals surface area contributed by atoms with Crippen LogP contribution in [0, 0.1) is 0 Å². The van der Waals surface area contributed by atoms with Crippen LogP contribution < -0.4 is 18.4 Å². The van der Waals surface area contributed by atoms with Crippen LogP contribution >= 0.6 is 0 Å². The van der Waals surface area contributed by atoms with E-state index in [4.69, 9.17) is 9.47 Å². The van der Waals surface area contributed by atoms with E-state index in [1.165, 1.54) is 8.92 Å². The van der Waals surface area contributed by atoms with Crippen LogP contribution in [0.2, 0.25) is 3.71 Å². The summed E-state index contributed by atoms with van der Waals surface area (Å²) in [6.07, 6.45) is 0. The monoisotopic (exact) mass is 492 g/mol. The van der Waals surface area contributed by atoms with Crippen LogP contribution in [0.25, 0.3) is 0 Å². The van der Waals surface area contributed by atoms with Crippen molar-refractivity contribution in [2.45, 2.75) is 3.71 Å². The third kappa shape index (κ3) is 5.47. The standard InChI is InChI=1S/C22H20O3Se2/c1-24-17-8-12-19(13-9-17)26-22(21(23)16-6-4-3-5-7-16)27-20-14-10-18(25-2)11-15-20/h3-15,22H,1-2H3. The van der Waals surface area contributed by atoms with Gasteiger partial charge in [-0.25, -0.2) is 0 Å². The molecular formula is C22H20O3Se2. The molecule has 3 rings (SSSR count). The third-order valence-electron chi connectivity index (χ3n) is 3.88. The van der Waals surface area contributed by atoms with Crippen LogP contribution in [0.1, 0.15) is 10.4 Å². The molecule has 0 aliphatic heterocycles. The molecule has 0 unspecified atom stereocenters. The first kappa shape index (κ1) is 19.7. The summed E-state index contributed by atoms with van der Waals surface area (Å²) in [4.78, 5) is 13.2. The van der Waals surface area contributed by atoms with Gasteiger partial charge in [0.15, 0.2) is 0 Å². The Morgan fingerprint density at radius 2 is 1.15 bits per heavy atom. The molecule has 3 nitrogen and oxygen atoms in total. The fourth-order valence-corrected chi connectivity index (χ4v) is 8.76. The van der Waals surface area contributed by atoms with E-state index in [-0.39, 0.29) is 39.4 Å². The summed E-state index contributed by atoms with van der Waals surface area (Å²) >= 11 is 0.0816. The number of methoxy groups -OCH3 is 2. The van der Waals surface area contributed by atoms with Gasteiger partial charge in [-0.15, -0.1) is 0 Å². The summed E-state index contributed by atoms with van der Waals surface area (Å²) < 4.78 is 12.9. The Kier molecular flexibility index (Phi) is 7.14. The number of carbonyl (C=O) groups is 1. The molecule has 0 fully saturated rings. The van der Waals surface area contributed by atoms with E-state index in [1.807, 2.05) is 54.6 Å². The zero-order valence-corrected chi connectivity index (χ0v) is 18.6. The van der Waals surface area contributed by atoms with Crippen molar-refractivity contribution < 1.29 is 14.3 Å². The molecule has 0 saturated heterocycles. The Bertz CT molecular complexity index is 813. The number of carbonyl (C=O) groups excluding carboxylic acids is 1. The summed E-state index contributed by atoms with van der Waals surface area (Å²) in [7, 11) is 3.32. The predicted molar refractivity (Wildman–Crippen MR) is 111 cm³/mol. The Labute approximate surface area is 172 Å². The molecule has 0 bridgehead atoms. The van der Waals surface area contributed by atoms with Crippen molar-refractivity contribution in [1.29, 1.82) is 0 Å². The molecule has 0 saturated carbocycles. The molecule has 0 spiro atoms. The van der Waals surface area contributed by atoms with Gasteiger partial charge < -0.3 is 0 Å². The van der Waals surface area contributed by atoms with Crippen LogP contribution in [0.5, 0.6) is 11.5 Å². The first-order chi connectivity index (χ1) is 13.2. The predicted octanol–water partition coefficient (Wildman–Crippen LogP) is 2.69. The topological polar surface area (TPSA) is 35.5 Å². The average Bonchev–Trinajstić information content (AvgIpc) is 2.74. The average molecular weight is 490 g/mol. The minimum absolute atomic E-state index is 0.00538. The second kappa shape index (κ2) is 9.77. The summed E-state index contributed by atoms with van der Waals surface area (Å²) in [5.41, 5.74) is 0.785. The second-order valence-electron chi connectivity index (χ2n) is 5.65. The summed E-state index contributed by atoms with van der Waals surface area (Å²) in [5, 5.41) is 0. The van der Waals surface area contributed by atoms with Crippen LogP contribution in [0.15, 0.2) is 78.9 Å². The number of ketones is 1. The molecule has 0 N–H and O–H groups in total. The molecule has 0 atom stereocenters. The van der Waals surface area contributed by atoms with Gasteiger partial charge in [-0.3, -0.25) is 0 Å². The van der Waals surface area contributed by atoms with Gasteiger partial charge in [-0.2, -0.15) is 0 Å². The van der Waals surface area contributed by atoms with E-state index in [9.17, 15) is 4.79 Å². The van der Waals surface area contributed by atoms with Crippen molar-refractivity contribution in [2.24, 2.45) is 0 Å². The van der Waals surface area contributed by atoms with Gasteiger partial charge in [0.1, 0.15) is 0 Å². The van der Waals surface area contributed by atoms with E-state index in [0.717, 1.165) is 17.1 Å². The molecule has 0 aliphatic rings. The first-order valence-corrected chi connectivity index (χ1v) is 12.1. The molecule has 3 aromatic rings. The van der Waals surface area contributed by atoms with Crippen LogP contribution in [-0.2, 0) is 0 Å². The fourth-order valence-electron chi connectivity index (χ4n) is 2.43. The molecule has 0 heterocycles. The quantitative estimate of drug-likeness (QED) is 0.360. The molecule has 0 aliphatic carbocycles. The van der Waals surface area contributed by atoms with Crippen LogP contribution in [0.4, 0.5) is 0 Å². The minimum atomic E-state index is -0.00538. The van der Waals surface area contributed by atoms with Crippen molar-refractivity contribution >= 4 is 44.6 Å². The van der Waals surface area contributed by atoms with E-state index in [0.29, 0.717) is 0 Å². The molecule has 5 heteroatoms. The molecule has 0 amide bonds. The Balaban J connectivity index is 1.83. The van der Waals surface area contributed by atoms with Crippen molar-refractivity contribution in [1.82, 2.24) is 0 Å². The maximum atomic E-state index is 13.2. The number of Topliss-reactive ketones (excluding diaryl/α,β-unsaturated/α-hetero) is 1. The molecule has 138 valence electrons. The fraction of sp³-hybridized carbons (Fsp3) is 0.136.